The van der Waals surface area contributed by atoms with E-state index in [9.17, 15) is 4.79 Å². The van der Waals surface area contributed by atoms with Gasteiger partial charge >= 0.3 is 5.97 Å². The van der Waals surface area contributed by atoms with Gasteiger partial charge in [-0.1, -0.05) is 26.2 Å². The molecule has 0 aliphatic rings. The highest BCUT2D eigenvalue weighted by molar-refractivity contribution is 5.89. The van der Waals surface area contributed by atoms with Gasteiger partial charge in [-0.15, -0.1) is 0 Å². The Morgan fingerprint density at radius 2 is 2.16 bits per heavy atom. The second-order valence-electron chi connectivity index (χ2n) is 4.76. The average Bonchev–Trinajstić information content (AvgIpc) is 2.38. The third kappa shape index (κ3) is 4.81. The van der Waals surface area contributed by atoms with Crippen LogP contribution in [-0.4, -0.2) is 24.2 Å². The monoisotopic (exact) mass is 265 g/mol. The molecule has 1 rings (SSSR count). The molecule has 0 amide bonds. The summed E-state index contributed by atoms with van der Waals surface area (Å²) >= 11 is 0. The topological polar surface area (TPSA) is 58.6 Å². The van der Waals surface area contributed by atoms with Gasteiger partial charge < -0.3 is 15.2 Å². The van der Waals surface area contributed by atoms with E-state index in [1.165, 1.54) is 19.3 Å². The molecule has 0 aliphatic carbocycles. The van der Waals surface area contributed by atoms with Gasteiger partial charge in [-0.25, -0.2) is 4.79 Å². The molecule has 0 bridgehead atoms. The van der Waals surface area contributed by atoms with Crippen LogP contribution in [0.4, 0.5) is 5.69 Å². The standard InChI is InChI=1S/C15H23NO3/c1-4-5-6-7-11(2)16-13-10-12(15(17)18)8-9-14(13)19-3/h8-11,16H,4-7H2,1-3H3,(H,17,18). The van der Waals surface area contributed by atoms with Gasteiger partial charge in [0.1, 0.15) is 5.75 Å². The first kappa shape index (κ1) is 15.3. The first-order chi connectivity index (χ1) is 9.08. The Morgan fingerprint density at radius 3 is 2.74 bits per heavy atom. The molecule has 19 heavy (non-hydrogen) atoms. The van der Waals surface area contributed by atoms with Crippen LogP contribution in [0, 0.1) is 0 Å². The molecule has 0 heterocycles. The summed E-state index contributed by atoms with van der Waals surface area (Å²) in [6, 6.07) is 5.15. The first-order valence-corrected chi connectivity index (χ1v) is 6.76. The summed E-state index contributed by atoms with van der Waals surface area (Å²) in [4.78, 5) is 11.0. The molecule has 0 aliphatic heterocycles. The van der Waals surface area contributed by atoms with Crippen molar-refractivity contribution < 1.29 is 14.6 Å². The lowest BCUT2D eigenvalue weighted by atomic mass is 10.1. The SMILES string of the molecule is CCCCCC(C)Nc1cc(C(=O)O)ccc1OC. The summed E-state index contributed by atoms with van der Waals surface area (Å²) in [6.45, 7) is 4.28. The summed E-state index contributed by atoms with van der Waals surface area (Å²) in [6.07, 6.45) is 4.66. The molecule has 0 fully saturated rings. The molecule has 4 nitrogen and oxygen atoms in total. The molecule has 0 spiro atoms. The Labute approximate surface area is 114 Å². The maximum absolute atomic E-state index is 11.0. The van der Waals surface area contributed by atoms with Crippen LogP contribution < -0.4 is 10.1 Å². The second-order valence-corrected chi connectivity index (χ2v) is 4.76. The molecule has 1 aromatic carbocycles. The maximum atomic E-state index is 11.0. The summed E-state index contributed by atoms with van der Waals surface area (Å²) in [5.41, 5.74) is 1.01. The van der Waals surface area contributed by atoms with E-state index in [2.05, 4.69) is 19.2 Å². The van der Waals surface area contributed by atoms with Crippen molar-refractivity contribution in [2.24, 2.45) is 0 Å². The predicted molar refractivity (Wildman–Crippen MR) is 77.2 cm³/mol. The molecule has 0 saturated heterocycles. The number of ether oxygens (including phenoxy) is 1. The van der Waals surface area contributed by atoms with E-state index in [4.69, 9.17) is 9.84 Å². The molecule has 0 radical (unpaired) electrons. The van der Waals surface area contributed by atoms with Crippen LogP contribution in [0.3, 0.4) is 0 Å². The second kappa shape index (κ2) is 7.67. The van der Waals surface area contributed by atoms with Gasteiger partial charge in [-0.2, -0.15) is 0 Å². The molecule has 1 aromatic rings. The molecule has 1 unspecified atom stereocenters. The highest BCUT2D eigenvalue weighted by Gasteiger charge is 2.11. The number of nitrogens with one attached hydrogen (secondary N) is 1. The van der Waals surface area contributed by atoms with E-state index in [0.717, 1.165) is 12.1 Å². The van der Waals surface area contributed by atoms with Crippen molar-refractivity contribution in [2.75, 3.05) is 12.4 Å². The van der Waals surface area contributed by atoms with Crippen molar-refractivity contribution in [1.82, 2.24) is 0 Å². The fourth-order valence-electron chi connectivity index (χ4n) is 1.99. The largest absolute Gasteiger partial charge is 0.495 e. The molecule has 1 atom stereocenters. The van der Waals surface area contributed by atoms with E-state index < -0.39 is 5.97 Å². The Bertz CT molecular complexity index is 418. The molecule has 2 N–H and O–H groups in total. The van der Waals surface area contributed by atoms with Gasteiger partial charge in [0.15, 0.2) is 0 Å². The van der Waals surface area contributed by atoms with Crippen molar-refractivity contribution in [3.05, 3.63) is 23.8 Å². The molecule has 4 heteroatoms. The van der Waals surface area contributed by atoms with Crippen LogP contribution in [0.5, 0.6) is 5.75 Å². The first-order valence-electron chi connectivity index (χ1n) is 6.76. The Kier molecular flexibility index (Phi) is 6.19. The number of anilines is 1. The summed E-state index contributed by atoms with van der Waals surface area (Å²) < 4.78 is 5.25. The zero-order valence-corrected chi connectivity index (χ0v) is 11.9. The van der Waals surface area contributed by atoms with Gasteiger partial charge in [0.2, 0.25) is 0 Å². The zero-order chi connectivity index (χ0) is 14.3. The number of carboxylic acids is 1. The molecule has 0 saturated carbocycles. The smallest absolute Gasteiger partial charge is 0.335 e. The van der Waals surface area contributed by atoms with Crippen molar-refractivity contribution in [1.29, 1.82) is 0 Å². The fraction of sp³-hybridized carbons (Fsp3) is 0.533. The fourth-order valence-corrected chi connectivity index (χ4v) is 1.99. The number of unbranched alkanes of at least 4 members (excludes halogenated alkanes) is 2. The summed E-state index contributed by atoms with van der Waals surface area (Å²) in [7, 11) is 1.59. The quantitative estimate of drug-likeness (QED) is 0.702. The normalized spacial score (nSPS) is 11.9. The lowest BCUT2D eigenvalue weighted by Crippen LogP contribution is -2.16. The van der Waals surface area contributed by atoms with Gasteiger partial charge in [0, 0.05) is 6.04 Å². The number of carbonyl (C=O) groups is 1. The third-order valence-corrected chi connectivity index (χ3v) is 3.09. The number of hydrogen-bond donors (Lipinski definition) is 2. The van der Waals surface area contributed by atoms with E-state index in [-0.39, 0.29) is 5.56 Å². The van der Waals surface area contributed by atoms with Crippen LogP contribution in [-0.2, 0) is 0 Å². The Morgan fingerprint density at radius 1 is 1.42 bits per heavy atom. The van der Waals surface area contributed by atoms with Gasteiger partial charge in [-0.05, 0) is 31.5 Å². The summed E-state index contributed by atoms with van der Waals surface area (Å²) in [5.74, 6) is -0.253. The zero-order valence-electron chi connectivity index (χ0n) is 11.9. The predicted octanol–water partition coefficient (Wildman–Crippen LogP) is 3.77. The number of carboxylic acid groups (broad SMARTS) is 1. The Hall–Kier alpha value is -1.71. The number of methoxy groups -OCH3 is 1. The molecular weight excluding hydrogens is 242 g/mol. The third-order valence-electron chi connectivity index (χ3n) is 3.09. The highest BCUT2D eigenvalue weighted by atomic mass is 16.5. The van der Waals surface area contributed by atoms with Crippen molar-refractivity contribution in [3.8, 4) is 5.75 Å². The molecular formula is C15H23NO3. The maximum Gasteiger partial charge on any atom is 0.335 e. The number of aromatic carboxylic acids is 1. The Balaban J connectivity index is 2.74. The minimum atomic E-state index is -0.927. The number of benzene rings is 1. The van der Waals surface area contributed by atoms with Gasteiger partial charge in [0.05, 0.1) is 18.4 Å². The minimum Gasteiger partial charge on any atom is -0.495 e. The van der Waals surface area contributed by atoms with E-state index in [1.807, 2.05) is 0 Å². The van der Waals surface area contributed by atoms with Crippen LogP contribution in [0.15, 0.2) is 18.2 Å². The number of rotatable bonds is 8. The van der Waals surface area contributed by atoms with Crippen LogP contribution in [0.1, 0.15) is 49.9 Å². The van der Waals surface area contributed by atoms with Crippen LogP contribution in [0.25, 0.3) is 0 Å². The highest BCUT2D eigenvalue weighted by Crippen LogP contribution is 2.26. The van der Waals surface area contributed by atoms with E-state index >= 15 is 0 Å². The minimum absolute atomic E-state index is 0.268. The van der Waals surface area contributed by atoms with Crippen LogP contribution in [0.2, 0.25) is 0 Å². The van der Waals surface area contributed by atoms with Crippen molar-refractivity contribution in [3.63, 3.8) is 0 Å². The number of hydrogen-bond acceptors (Lipinski definition) is 3. The van der Waals surface area contributed by atoms with Gasteiger partial charge in [0.25, 0.3) is 0 Å². The van der Waals surface area contributed by atoms with Crippen molar-refractivity contribution >= 4 is 11.7 Å². The van der Waals surface area contributed by atoms with Gasteiger partial charge in [-0.3, -0.25) is 0 Å². The molecule has 106 valence electrons. The average molecular weight is 265 g/mol. The van der Waals surface area contributed by atoms with E-state index in [1.54, 1.807) is 25.3 Å². The lowest BCUT2D eigenvalue weighted by molar-refractivity contribution is 0.0697. The van der Waals surface area contributed by atoms with Crippen LogP contribution >= 0.6 is 0 Å². The summed E-state index contributed by atoms with van der Waals surface area (Å²) in [5, 5.41) is 12.3. The molecule has 0 aromatic heterocycles. The lowest BCUT2D eigenvalue weighted by Gasteiger charge is -2.18. The van der Waals surface area contributed by atoms with E-state index in [0.29, 0.717) is 11.8 Å². The van der Waals surface area contributed by atoms with Crippen molar-refractivity contribution in [2.45, 2.75) is 45.6 Å².